The van der Waals surface area contributed by atoms with Gasteiger partial charge in [-0.1, -0.05) is 34.4 Å². The van der Waals surface area contributed by atoms with Crippen molar-refractivity contribution in [1.29, 1.82) is 0 Å². The predicted molar refractivity (Wildman–Crippen MR) is 155 cm³/mol. The topological polar surface area (TPSA) is 95.8 Å². The van der Waals surface area contributed by atoms with Crippen molar-refractivity contribution >= 4 is 38.9 Å². The highest BCUT2D eigenvalue weighted by atomic mass is 35.5. The lowest BCUT2D eigenvalue weighted by Gasteiger charge is -2.36. The number of anilines is 1. The van der Waals surface area contributed by atoms with E-state index in [9.17, 15) is 8.42 Å². The van der Waals surface area contributed by atoms with Crippen LogP contribution in [0, 0.1) is 0 Å². The Morgan fingerprint density at radius 1 is 1.05 bits per heavy atom. The second-order valence-electron chi connectivity index (χ2n) is 9.74. The minimum atomic E-state index is -3.88. The standard InChI is InChI=1S/C26H35Cl2N7O3S/c1-5-35-25(19(2)31-39(36,37)22-9-10-23(27)24(28)18-22)29-30-26(35)38-21-8-6-7-20(17-21)34-15-13-33(14-16-34)12-11-32(3)4/h6-10,17-19,31H,5,11-16H2,1-4H3/t19-/m1/s1. The highest BCUT2D eigenvalue weighted by Gasteiger charge is 2.25. The highest BCUT2D eigenvalue weighted by Crippen LogP contribution is 2.29. The van der Waals surface area contributed by atoms with Crippen LogP contribution >= 0.6 is 23.2 Å². The summed E-state index contributed by atoms with van der Waals surface area (Å²) in [5, 5.41) is 8.89. The molecule has 0 unspecified atom stereocenters. The Morgan fingerprint density at radius 3 is 2.46 bits per heavy atom. The summed E-state index contributed by atoms with van der Waals surface area (Å²) in [5.41, 5.74) is 1.09. The van der Waals surface area contributed by atoms with Gasteiger partial charge >= 0.3 is 6.01 Å². The van der Waals surface area contributed by atoms with Crippen LogP contribution in [0.25, 0.3) is 0 Å². The molecule has 39 heavy (non-hydrogen) atoms. The molecule has 1 aliphatic heterocycles. The summed E-state index contributed by atoms with van der Waals surface area (Å²) in [6.45, 7) is 10.2. The number of nitrogens with zero attached hydrogens (tertiary/aromatic N) is 6. The van der Waals surface area contributed by atoms with E-state index in [2.05, 4.69) is 49.8 Å². The number of benzene rings is 2. The van der Waals surface area contributed by atoms with E-state index in [4.69, 9.17) is 27.9 Å². The molecule has 13 heteroatoms. The minimum Gasteiger partial charge on any atom is -0.424 e. The van der Waals surface area contributed by atoms with Gasteiger partial charge in [-0.3, -0.25) is 9.47 Å². The molecule has 0 aliphatic carbocycles. The average Bonchev–Trinajstić information content (AvgIpc) is 3.31. The first kappa shape index (κ1) is 29.6. The van der Waals surface area contributed by atoms with Crippen LogP contribution in [0.15, 0.2) is 47.4 Å². The molecular weight excluding hydrogens is 561 g/mol. The van der Waals surface area contributed by atoms with Crippen LogP contribution in [0.5, 0.6) is 11.8 Å². The molecule has 212 valence electrons. The summed E-state index contributed by atoms with van der Waals surface area (Å²) >= 11 is 12.0. The van der Waals surface area contributed by atoms with Gasteiger partial charge in [0.25, 0.3) is 0 Å². The SMILES string of the molecule is CCn1c(Oc2cccc(N3CCN(CCN(C)C)CC3)c2)nnc1[C@@H](C)NS(=O)(=O)c1ccc(Cl)c(Cl)c1. The number of likely N-dealkylation sites (N-methyl/N-ethyl adjacent to an activating group) is 1. The summed E-state index contributed by atoms with van der Waals surface area (Å²) in [5.74, 6) is 1.07. The van der Waals surface area contributed by atoms with Gasteiger partial charge in [-0.15, -0.1) is 5.10 Å². The first-order chi connectivity index (χ1) is 18.6. The summed E-state index contributed by atoms with van der Waals surface area (Å²) in [4.78, 5) is 7.06. The lowest BCUT2D eigenvalue weighted by atomic mass is 10.2. The van der Waals surface area contributed by atoms with Gasteiger partial charge < -0.3 is 14.5 Å². The van der Waals surface area contributed by atoms with Crippen molar-refractivity contribution in [3.63, 3.8) is 0 Å². The van der Waals surface area contributed by atoms with E-state index in [-0.39, 0.29) is 14.9 Å². The molecule has 1 N–H and O–H groups in total. The van der Waals surface area contributed by atoms with Crippen molar-refractivity contribution in [2.75, 3.05) is 58.3 Å². The Balaban J connectivity index is 1.43. The van der Waals surface area contributed by atoms with E-state index in [1.807, 2.05) is 25.1 Å². The van der Waals surface area contributed by atoms with Crippen molar-refractivity contribution in [3.05, 3.63) is 58.3 Å². The summed E-state index contributed by atoms with van der Waals surface area (Å²) in [6, 6.07) is 11.7. The predicted octanol–water partition coefficient (Wildman–Crippen LogP) is 4.12. The van der Waals surface area contributed by atoms with E-state index in [0.29, 0.717) is 24.1 Å². The van der Waals surface area contributed by atoms with E-state index in [1.165, 1.54) is 18.2 Å². The summed E-state index contributed by atoms with van der Waals surface area (Å²) in [6.07, 6.45) is 0. The fraction of sp³-hybridized carbons (Fsp3) is 0.462. The molecule has 0 bridgehead atoms. The number of hydrogen-bond acceptors (Lipinski definition) is 8. The zero-order valence-corrected chi connectivity index (χ0v) is 25.0. The molecule has 2 heterocycles. The quantitative estimate of drug-likeness (QED) is 0.353. The molecule has 1 saturated heterocycles. The third kappa shape index (κ3) is 7.41. The number of aromatic nitrogens is 3. The van der Waals surface area contributed by atoms with Crippen LogP contribution in [0.3, 0.4) is 0 Å². The summed E-state index contributed by atoms with van der Waals surface area (Å²) < 4.78 is 36.4. The van der Waals surface area contributed by atoms with Gasteiger partial charge in [0, 0.05) is 57.6 Å². The molecule has 0 radical (unpaired) electrons. The smallest absolute Gasteiger partial charge is 0.322 e. The molecule has 0 amide bonds. The van der Waals surface area contributed by atoms with Crippen LogP contribution in [-0.4, -0.2) is 86.3 Å². The fourth-order valence-corrected chi connectivity index (χ4v) is 6.00. The normalized spacial score (nSPS) is 15.6. The Hall–Kier alpha value is -2.41. The number of nitrogens with one attached hydrogen (secondary N) is 1. The number of halogens is 2. The largest absolute Gasteiger partial charge is 0.424 e. The van der Waals surface area contributed by atoms with E-state index >= 15 is 0 Å². The molecule has 4 rings (SSSR count). The molecule has 0 saturated carbocycles. The number of rotatable bonds is 11. The first-order valence-corrected chi connectivity index (χ1v) is 15.1. The first-order valence-electron chi connectivity index (χ1n) is 12.9. The van der Waals surface area contributed by atoms with Crippen LogP contribution in [0.4, 0.5) is 5.69 Å². The molecular formula is C26H35Cl2N7O3S. The zero-order chi connectivity index (χ0) is 28.2. The second-order valence-corrected chi connectivity index (χ2v) is 12.3. The van der Waals surface area contributed by atoms with Crippen molar-refractivity contribution in [2.24, 2.45) is 0 Å². The zero-order valence-electron chi connectivity index (χ0n) is 22.6. The third-order valence-corrected chi connectivity index (χ3v) is 8.89. The number of ether oxygens (including phenoxy) is 1. The van der Waals surface area contributed by atoms with Crippen LogP contribution in [-0.2, 0) is 16.6 Å². The minimum absolute atomic E-state index is 0.0122. The molecule has 10 nitrogen and oxygen atoms in total. The maximum absolute atomic E-state index is 12.9. The molecule has 1 atom stereocenters. The van der Waals surface area contributed by atoms with Gasteiger partial charge in [-0.05, 0) is 58.3 Å². The average molecular weight is 597 g/mol. The number of sulfonamides is 1. The van der Waals surface area contributed by atoms with Gasteiger partial charge in [0.1, 0.15) is 5.75 Å². The van der Waals surface area contributed by atoms with Crippen LogP contribution < -0.4 is 14.4 Å². The molecule has 2 aromatic carbocycles. The highest BCUT2D eigenvalue weighted by molar-refractivity contribution is 7.89. The third-order valence-electron chi connectivity index (χ3n) is 6.61. The summed E-state index contributed by atoms with van der Waals surface area (Å²) in [7, 11) is 0.318. The van der Waals surface area contributed by atoms with Gasteiger partial charge in [-0.2, -0.15) is 0 Å². The van der Waals surface area contributed by atoms with Crippen LogP contribution in [0.2, 0.25) is 10.0 Å². The number of piperazine rings is 1. The Morgan fingerprint density at radius 2 is 1.79 bits per heavy atom. The van der Waals surface area contributed by atoms with Crippen molar-refractivity contribution < 1.29 is 13.2 Å². The second kappa shape index (κ2) is 12.8. The van der Waals surface area contributed by atoms with E-state index in [1.54, 1.807) is 11.5 Å². The maximum Gasteiger partial charge on any atom is 0.322 e. The Labute approximate surface area is 240 Å². The lowest BCUT2D eigenvalue weighted by Crippen LogP contribution is -2.48. The van der Waals surface area contributed by atoms with Gasteiger partial charge in [-0.25, -0.2) is 13.1 Å². The lowest BCUT2D eigenvalue weighted by molar-refractivity contribution is 0.229. The van der Waals surface area contributed by atoms with E-state index < -0.39 is 16.1 Å². The Kier molecular flexibility index (Phi) is 9.73. The molecule has 1 aliphatic rings. The van der Waals surface area contributed by atoms with E-state index in [0.717, 1.165) is 45.0 Å². The number of hydrogen-bond donors (Lipinski definition) is 1. The van der Waals surface area contributed by atoms with Crippen molar-refractivity contribution in [3.8, 4) is 11.8 Å². The van der Waals surface area contributed by atoms with Gasteiger partial charge in [0.2, 0.25) is 10.0 Å². The van der Waals surface area contributed by atoms with Gasteiger partial charge in [0.15, 0.2) is 5.82 Å². The van der Waals surface area contributed by atoms with Crippen molar-refractivity contribution in [1.82, 2.24) is 29.3 Å². The van der Waals surface area contributed by atoms with Crippen molar-refractivity contribution in [2.45, 2.75) is 31.3 Å². The monoisotopic (exact) mass is 595 g/mol. The molecule has 1 fully saturated rings. The maximum atomic E-state index is 12.9. The van der Waals surface area contributed by atoms with Gasteiger partial charge in [0.05, 0.1) is 21.0 Å². The van der Waals surface area contributed by atoms with Crippen LogP contribution in [0.1, 0.15) is 25.7 Å². The molecule has 0 spiro atoms. The fourth-order valence-electron chi connectivity index (χ4n) is 4.41. The Bertz CT molecular complexity index is 1380. The molecule has 3 aromatic rings. The molecule has 1 aromatic heterocycles.